The van der Waals surface area contributed by atoms with E-state index in [4.69, 9.17) is 5.73 Å². The number of anilines is 2. The van der Waals surface area contributed by atoms with Crippen molar-refractivity contribution in [1.82, 2.24) is 9.97 Å². The molecule has 0 atom stereocenters. The lowest BCUT2D eigenvalue weighted by Gasteiger charge is -2.28. The number of nitrogens with two attached hydrogens (primary N) is 1. The van der Waals surface area contributed by atoms with Crippen LogP contribution in [0.15, 0.2) is 23.7 Å². The molecule has 0 unspecified atom stereocenters. The zero-order chi connectivity index (χ0) is 13.1. The molecule has 0 aliphatic heterocycles. The third-order valence-electron chi connectivity index (χ3n) is 2.77. The monoisotopic (exact) mass is 262 g/mol. The Morgan fingerprint density at radius 1 is 1.44 bits per heavy atom. The highest BCUT2D eigenvalue weighted by atomic mass is 32.1. The van der Waals surface area contributed by atoms with E-state index in [1.54, 1.807) is 17.5 Å². The Balaban J connectivity index is 2.32. The Bertz CT molecular complexity index is 508. The van der Waals surface area contributed by atoms with Gasteiger partial charge in [-0.2, -0.15) is 4.98 Å². The Morgan fingerprint density at radius 2 is 2.22 bits per heavy atom. The third kappa shape index (κ3) is 2.79. The molecule has 2 N–H and O–H groups in total. The quantitative estimate of drug-likeness (QED) is 0.920. The van der Waals surface area contributed by atoms with Gasteiger partial charge in [0, 0.05) is 22.7 Å². The predicted molar refractivity (Wildman–Crippen MR) is 76.8 cm³/mol. The van der Waals surface area contributed by atoms with Crippen LogP contribution >= 0.6 is 11.3 Å². The number of thiophene rings is 1. The third-order valence-corrected chi connectivity index (χ3v) is 3.63. The minimum atomic E-state index is 0.326. The molecular weight excluding hydrogens is 244 g/mol. The van der Waals surface area contributed by atoms with Crippen molar-refractivity contribution < 1.29 is 0 Å². The highest BCUT2D eigenvalue weighted by Crippen LogP contribution is 2.23. The maximum Gasteiger partial charge on any atom is 0.221 e. The van der Waals surface area contributed by atoms with Gasteiger partial charge < -0.3 is 10.6 Å². The molecule has 0 saturated heterocycles. The van der Waals surface area contributed by atoms with Crippen molar-refractivity contribution in [2.24, 2.45) is 0 Å². The molecule has 0 amide bonds. The lowest BCUT2D eigenvalue weighted by Crippen LogP contribution is -2.31. The van der Waals surface area contributed by atoms with Gasteiger partial charge in [-0.1, -0.05) is 6.07 Å². The van der Waals surface area contributed by atoms with Crippen molar-refractivity contribution in [3.8, 4) is 0 Å². The minimum Gasteiger partial charge on any atom is -0.368 e. The van der Waals surface area contributed by atoms with Crippen LogP contribution in [0.3, 0.4) is 0 Å². The summed E-state index contributed by atoms with van der Waals surface area (Å²) in [5.41, 5.74) is 6.74. The molecule has 5 heteroatoms. The summed E-state index contributed by atoms with van der Waals surface area (Å²) in [6.45, 7) is 7.18. The molecule has 2 aromatic rings. The summed E-state index contributed by atoms with van der Waals surface area (Å²) in [6.07, 6.45) is 1.78. The maximum absolute atomic E-state index is 5.69. The Morgan fingerprint density at radius 3 is 2.83 bits per heavy atom. The van der Waals surface area contributed by atoms with E-state index in [0.717, 1.165) is 17.9 Å². The fourth-order valence-electron chi connectivity index (χ4n) is 1.81. The highest BCUT2D eigenvalue weighted by molar-refractivity contribution is 7.09. The highest BCUT2D eigenvalue weighted by Gasteiger charge is 2.16. The van der Waals surface area contributed by atoms with Gasteiger partial charge in [0.15, 0.2) is 0 Å². The first kappa shape index (κ1) is 12.8. The molecule has 2 heterocycles. The molecule has 2 rings (SSSR count). The predicted octanol–water partition coefficient (Wildman–Crippen LogP) is 2.84. The Kier molecular flexibility index (Phi) is 3.81. The summed E-state index contributed by atoms with van der Waals surface area (Å²) in [5.74, 6) is 1.25. The van der Waals surface area contributed by atoms with Crippen LogP contribution in [0.1, 0.15) is 24.3 Å². The Hall–Kier alpha value is -1.62. The number of hydrogen-bond acceptors (Lipinski definition) is 5. The number of aromatic nitrogens is 2. The molecule has 0 bridgehead atoms. The number of nitrogen functional groups attached to an aromatic ring is 1. The zero-order valence-corrected chi connectivity index (χ0v) is 11.7. The molecule has 0 aromatic carbocycles. The molecule has 0 saturated carbocycles. The van der Waals surface area contributed by atoms with Crippen LogP contribution in [0.4, 0.5) is 11.8 Å². The van der Waals surface area contributed by atoms with Gasteiger partial charge in [0.1, 0.15) is 5.82 Å². The summed E-state index contributed by atoms with van der Waals surface area (Å²) in [7, 11) is 0. The number of rotatable bonds is 4. The zero-order valence-electron chi connectivity index (χ0n) is 10.9. The fraction of sp³-hybridized carbons (Fsp3) is 0.385. The van der Waals surface area contributed by atoms with E-state index >= 15 is 0 Å². The van der Waals surface area contributed by atoms with Crippen LogP contribution in [0.25, 0.3) is 0 Å². The summed E-state index contributed by atoms with van der Waals surface area (Å²) >= 11 is 1.76. The van der Waals surface area contributed by atoms with Gasteiger partial charge in [-0.3, -0.25) is 0 Å². The van der Waals surface area contributed by atoms with Crippen molar-refractivity contribution >= 4 is 23.1 Å². The number of nitrogens with zero attached hydrogens (tertiary/aromatic N) is 3. The molecule has 0 spiro atoms. The topological polar surface area (TPSA) is 55.0 Å². The van der Waals surface area contributed by atoms with Crippen LogP contribution in [0, 0.1) is 6.92 Å². The molecule has 4 nitrogen and oxygen atoms in total. The van der Waals surface area contributed by atoms with Crippen molar-refractivity contribution in [3.05, 3.63) is 34.2 Å². The second-order valence-corrected chi connectivity index (χ2v) is 5.57. The van der Waals surface area contributed by atoms with E-state index in [2.05, 4.69) is 46.2 Å². The average Bonchev–Trinajstić information content (AvgIpc) is 2.82. The van der Waals surface area contributed by atoms with Crippen molar-refractivity contribution in [1.29, 1.82) is 0 Å². The first-order valence-electron chi connectivity index (χ1n) is 5.96. The standard InChI is InChI=1S/C13H18N4S/c1-9(2)17(8-11-5-4-6-18-11)12-10(3)7-15-13(14)16-12/h4-7,9H,8H2,1-3H3,(H2,14,15,16). The van der Waals surface area contributed by atoms with Crippen LogP contribution in [-0.4, -0.2) is 16.0 Å². The first-order valence-corrected chi connectivity index (χ1v) is 6.84. The van der Waals surface area contributed by atoms with Gasteiger partial charge in [-0.05, 0) is 32.2 Å². The van der Waals surface area contributed by atoms with Gasteiger partial charge in [0.2, 0.25) is 5.95 Å². The maximum atomic E-state index is 5.69. The summed E-state index contributed by atoms with van der Waals surface area (Å²) in [4.78, 5) is 12.0. The van der Waals surface area contributed by atoms with Crippen LogP contribution < -0.4 is 10.6 Å². The van der Waals surface area contributed by atoms with Gasteiger partial charge in [-0.15, -0.1) is 11.3 Å². The van der Waals surface area contributed by atoms with E-state index in [1.165, 1.54) is 4.88 Å². The number of hydrogen-bond donors (Lipinski definition) is 1. The summed E-state index contributed by atoms with van der Waals surface area (Å²) in [5, 5.41) is 2.09. The number of aryl methyl sites for hydroxylation is 1. The molecule has 18 heavy (non-hydrogen) atoms. The van der Waals surface area contributed by atoms with Gasteiger partial charge in [0.25, 0.3) is 0 Å². The second-order valence-electron chi connectivity index (χ2n) is 4.54. The summed E-state index contributed by atoms with van der Waals surface area (Å²) in [6, 6.07) is 4.57. The van der Waals surface area contributed by atoms with Crippen molar-refractivity contribution in [2.75, 3.05) is 10.6 Å². The SMILES string of the molecule is Cc1cnc(N)nc1N(Cc1cccs1)C(C)C. The molecule has 0 aliphatic carbocycles. The van der Waals surface area contributed by atoms with E-state index in [1.807, 2.05) is 6.92 Å². The molecule has 0 radical (unpaired) electrons. The largest absolute Gasteiger partial charge is 0.368 e. The van der Waals surface area contributed by atoms with E-state index in [-0.39, 0.29) is 0 Å². The smallest absolute Gasteiger partial charge is 0.221 e. The fourth-order valence-corrected chi connectivity index (χ4v) is 2.51. The first-order chi connectivity index (χ1) is 8.58. The minimum absolute atomic E-state index is 0.326. The second kappa shape index (κ2) is 5.35. The van der Waals surface area contributed by atoms with Crippen LogP contribution in [0.2, 0.25) is 0 Å². The van der Waals surface area contributed by atoms with Crippen molar-refractivity contribution in [2.45, 2.75) is 33.4 Å². The molecular formula is C13H18N4S. The molecule has 96 valence electrons. The lowest BCUT2D eigenvalue weighted by atomic mass is 10.2. The van der Waals surface area contributed by atoms with Gasteiger partial charge >= 0.3 is 0 Å². The molecule has 0 fully saturated rings. The van der Waals surface area contributed by atoms with Crippen LogP contribution in [-0.2, 0) is 6.54 Å². The Labute approximate surface area is 111 Å². The van der Waals surface area contributed by atoms with E-state index in [0.29, 0.717) is 12.0 Å². The van der Waals surface area contributed by atoms with E-state index < -0.39 is 0 Å². The molecule has 0 aliphatic rings. The van der Waals surface area contributed by atoms with Gasteiger partial charge in [0.05, 0.1) is 6.54 Å². The van der Waals surface area contributed by atoms with Gasteiger partial charge in [-0.25, -0.2) is 4.98 Å². The lowest BCUT2D eigenvalue weighted by molar-refractivity contribution is 0.674. The van der Waals surface area contributed by atoms with E-state index in [9.17, 15) is 0 Å². The van der Waals surface area contributed by atoms with Crippen molar-refractivity contribution in [3.63, 3.8) is 0 Å². The van der Waals surface area contributed by atoms with Crippen LogP contribution in [0.5, 0.6) is 0 Å². The average molecular weight is 262 g/mol. The normalized spacial score (nSPS) is 10.9. The molecule has 2 aromatic heterocycles. The summed E-state index contributed by atoms with van der Waals surface area (Å²) < 4.78 is 0.